The van der Waals surface area contributed by atoms with Crippen molar-refractivity contribution in [2.75, 3.05) is 11.4 Å². The van der Waals surface area contributed by atoms with Gasteiger partial charge in [0, 0.05) is 22.8 Å². The number of rotatable bonds is 4. The van der Waals surface area contributed by atoms with Crippen LogP contribution in [0.4, 0.5) is 5.69 Å². The quantitative estimate of drug-likeness (QED) is 0.920. The van der Waals surface area contributed by atoms with Crippen LogP contribution in [0.3, 0.4) is 0 Å². The second-order valence-corrected chi connectivity index (χ2v) is 6.63. The Labute approximate surface area is 142 Å². The van der Waals surface area contributed by atoms with Crippen molar-refractivity contribution >= 4 is 23.2 Å². The zero-order chi connectivity index (χ0) is 16.4. The molecule has 2 N–H and O–H groups in total. The van der Waals surface area contributed by atoms with Crippen LogP contribution >= 0.6 is 11.6 Å². The smallest absolute Gasteiger partial charge is 0.284 e. The first-order valence-electron chi connectivity index (χ1n) is 8.06. The number of carbonyl (C=O) groups excluding carboxylic acids is 1. The Morgan fingerprint density at radius 2 is 1.83 bits per heavy atom. The van der Waals surface area contributed by atoms with Gasteiger partial charge in [0.25, 0.3) is 5.91 Å². The van der Waals surface area contributed by atoms with Crippen LogP contribution in [0.25, 0.3) is 0 Å². The Morgan fingerprint density at radius 1 is 1.13 bits per heavy atom. The lowest BCUT2D eigenvalue weighted by atomic mass is 10.1. The van der Waals surface area contributed by atoms with Crippen LogP contribution < -0.4 is 10.2 Å². The predicted molar refractivity (Wildman–Crippen MR) is 93.8 cm³/mol. The minimum absolute atomic E-state index is 0.119. The highest BCUT2D eigenvalue weighted by atomic mass is 35.5. The van der Waals surface area contributed by atoms with Crippen LogP contribution in [0.15, 0.2) is 48.5 Å². The van der Waals surface area contributed by atoms with E-state index in [0.29, 0.717) is 0 Å². The van der Waals surface area contributed by atoms with Crippen LogP contribution in [0, 0.1) is 0 Å². The number of amides is 1. The van der Waals surface area contributed by atoms with E-state index in [9.17, 15) is 4.79 Å². The van der Waals surface area contributed by atoms with Gasteiger partial charge in [0.05, 0.1) is 0 Å². The van der Waals surface area contributed by atoms with Gasteiger partial charge in [0.1, 0.15) is 6.04 Å². The number of nitrogens with two attached hydrogens (primary N) is 1. The van der Waals surface area contributed by atoms with Gasteiger partial charge < -0.3 is 10.2 Å². The number of para-hydroxylation sites is 1. The molecule has 0 spiro atoms. The molecule has 1 amide bonds. The molecule has 0 aromatic heterocycles. The summed E-state index contributed by atoms with van der Waals surface area (Å²) in [5, 5.41) is 2.85. The number of nitrogens with zero attached hydrogens (tertiary/aromatic N) is 1. The lowest BCUT2D eigenvalue weighted by Crippen LogP contribution is -2.92. The van der Waals surface area contributed by atoms with E-state index in [0.717, 1.165) is 23.7 Å². The molecule has 2 aromatic carbocycles. The molecule has 0 bridgehead atoms. The fourth-order valence-corrected chi connectivity index (χ4v) is 3.33. The third-order valence-corrected chi connectivity index (χ3v) is 4.77. The second kappa shape index (κ2) is 6.73. The maximum Gasteiger partial charge on any atom is 0.284 e. The molecule has 0 unspecified atom stereocenters. The third kappa shape index (κ3) is 3.41. The first-order chi connectivity index (χ1) is 11.1. The SMILES string of the molecule is C[C@H]([NH2+][C@H](C)c1ccc(Cl)cc1)C(=O)N1CCc2ccccc21. The highest BCUT2D eigenvalue weighted by molar-refractivity contribution is 6.30. The molecule has 3 nitrogen and oxygen atoms in total. The Morgan fingerprint density at radius 3 is 2.57 bits per heavy atom. The van der Waals surface area contributed by atoms with Crippen LogP contribution in [0.5, 0.6) is 0 Å². The molecule has 1 heterocycles. The predicted octanol–water partition coefficient (Wildman–Crippen LogP) is 2.94. The lowest BCUT2D eigenvalue weighted by Gasteiger charge is -2.22. The summed E-state index contributed by atoms with van der Waals surface area (Å²) in [7, 11) is 0. The number of hydrogen-bond acceptors (Lipinski definition) is 1. The largest absolute Gasteiger partial charge is 0.330 e. The van der Waals surface area contributed by atoms with E-state index in [-0.39, 0.29) is 18.0 Å². The van der Waals surface area contributed by atoms with Gasteiger partial charge >= 0.3 is 0 Å². The molecule has 1 aliphatic rings. The van der Waals surface area contributed by atoms with Gasteiger partial charge in [-0.3, -0.25) is 4.79 Å². The number of anilines is 1. The molecular weight excluding hydrogens is 308 g/mol. The first kappa shape index (κ1) is 16.0. The highest BCUT2D eigenvalue weighted by Crippen LogP contribution is 2.27. The molecule has 0 fully saturated rings. The molecule has 0 saturated carbocycles. The average molecular weight is 330 g/mol. The maximum atomic E-state index is 12.8. The summed E-state index contributed by atoms with van der Waals surface area (Å²) in [4.78, 5) is 14.7. The molecule has 4 heteroatoms. The summed E-state index contributed by atoms with van der Waals surface area (Å²) in [6.07, 6.45) is 0.946. The van der Waals surface area contributed by atoms with Gasteiger partial charge in [0.2, 0.25) is 0 Å². The zero-order valence-corrected chi connectivity index (χ0v) is 14.3. The monoisotopic (exact) mass is 329 g/mol. The molecule has 3 rings (SSSR count). The number of hydrogen-bond donors (Lipinski definition) is 1. The first-order valence-corrected chi connectivity index (χ1v) is 8.44. The average Bonchev–Trinajstić information content (AvgIpc) is 2.98. The summed E-state index contributed by atoms with van der Waals surface area (Å²) < 4.78 is 0. The number of halogens is 1. The van der Waals surface area contributed by atoms with Crippen molar-refractivity contribution in [2.45, 2.75) is 32.4 Å². The van der Waals surface area contributed by atoms with Gasteiger partial charge in [0.15, 0.2) is 6.04 Å². The van der Waals surface area contributed by atoms with E-state index in [2.05, 4.69) is 18.3 Å². The summed E-state index contributed by atoms with van der Waals surface area (Å²) >= 11 is 5.94. The van der Waals surface area contributed by atoms with Crippen LogP contribution in [0.2, 0.25) is 5.02 Å². The molecule has 2 aromatic rings. The highest BCUT2D eigenvalue weighted by Gasteiger charge is 2.30. The Bertz CT molecular complexity index is 699. The summed E-state index contributed by atoms with van der Waals surface area (Å²) in [5.74, 6) is 0.177. The van der Waals surface area contributed by atoms with E-state index < -0.39 is 0 Å². The maximum absolute atomic E-state index is 12.8. The van der Waals surface area contributed by atoms with Crippen molar-refractivity contribution in [3.8, 4) is 0 Å². The summed E-state index contributed by atoms with van der Waals surface area (Å²) in [6, 6.07) is 16.1. The molecule has 120 valence electrons. The summed E-state index contributed by atoms with van der Waals surface area (Å²) in [6.45, 7) is 4.88. The molecule has 0 saturated heterocycles. The van der Waals surface area contributed by atoms with Crippen molar-refractivity contribution in [3.63, 3.8) is 0 Å². The Balaban J connectivity index is 1.67. The molecule has 2 atom stereocenters. The van der Waals surface area contributed by atoms with Gasteiger partial charge in [-0.15, -0.1) is 0 Å². The van der Waals surface area contributed by atoms with Crippen molar-refractivity contribution in [2.24, 2.45) is 0 Å². The molecule has 23 heavy (non-hydrogen) atoms. The topological polar surface area (TPSA) is 36.9 Å². The van der Waals surface area contributed by atoms with E-state index in [1.165, 1.54) is 11.1 Å². The molecule has 1 aliphatic heterocycles. The van der Waals surface area contributed by atoms with E-state index in [1.54, 1.807) is 0 Å². The van der Waals surface area contributed by atoms with Crippen LogP contribution in [0.1, 0.15) is 31.0 Å². The van der Waals surface area contributed by atoms with Crippen LogP contribution in [-0.2, 0) is 11.2 Å². The normalized spacial score (nSPS) is 16.0. The number of benzene rings is 2. The molecule has 0 radical (unpaired) electrons. The minimum Gasteiger partial charge on any atom is -0.330 e. The second-order valence-electron chi connectivity index (χ2n) is 6.19. The summed E-state index contributed by atoms with van der Waals surface area (Å²) in [5.41, 5.74) is 3.51. The van der Waals surface area contributed by atoms with Crippen LogP contribution in [-0.4, -0.2) is 18.5 Å². The van der Waals surface area contributed by atoms with Gasteiger partial charge in [-0.05, 0) is 44.0 Å². The van der Waals surface area contributed by atoms with Gasteiger partial charge in [-0.25, -0.2) is 0 Å². The van der Waals surface area contributed by atoms with E-state index in [4.69, 9.17) is 11.6 Å². The fraction of sp³-hybridized carbons (Fsp3) is 0.316. The number of fused-ring (bicyclic) bond motifs is 1. The molecule has 0 aliphatic carbocycles. The lowest BCUT2D eigenvalue weighted by molar-refractivity contribution is -0.710. The van der Waals surface area contributed by atoms with Gasteiger partial charge in [-0.2, -0.15) is 0 Å². The van der Waals surface area contributed by atoms with E-state index >= 15 is 0 Å². The Hall–Kier alpha value is -1.84. The third-order valence-electron chi connectivity index (χ3n) is 4.52. The van der Waals surface area contributed by atoms with Crippen molar-refractivity contribution < 1.29 is 10.1 Å². The van der Waals surface area contributed by atoms with Crippen molar-refractivity contribution in [3.05, 3.63) is 64.7 Å². The Kier molecular flexibility index (Phi) is 4.69. The van der Waals surface area contributed by atoms with Crippen molar-refractivity contribution in [1.29, 1.82) is 0 Å². The number of carbonyl (C=O) groups is 1. The van der Waals surface area contributed by atoms with E-state index in [1.807, 2.05) is 54.3 Å². The van der Waals surface area contributed by atoms with Gasteiger partial charge in [-0.1, -0.05) is 41.9 Å². The fourth-order valence-electron chi connectivity index (χ4n) is 3.21. The van der Waals surface area contributed by atoms with Crippen molar-refractivity contribution in [1.82, 2.24) is 0 Å². The minimum atomic E-state index is -0.119. The standard InChI is InChI=1S/C19H21ClN2O/c1-13(15-7-9-17(20)10-8-15)21-14(2)19(23)22-12-11-16-5-3-4-6-18(16)22/h3-10,13-14,21H,11-12H2,1-2H3/p+1/t13-,14+/m1/s1. The number of quaternary nitrogens is 1. The zero-order valence-electron chi connectivity index (χ0n) is 13.5. The molecular formula is C19H22ClN2O+.